The molecule has 2 rings (SSSR count). The number of nitriles is 1. The van der Waals surface area contributed by atoms with Crippen LogP contribution in [0.2, 0.25) is 0 Å². The van der Waals surface area contributed by atoms with Gasteiger partial charge >= 0.3 is 5.97 Å². The Balaban J connectivity index is 1.94. The van der Waals surface area contributed by atoms with Gasteiger partial charge in [-0.2, -0.15) is 5.26 Å². The maximum Gasteiger partial charge on any atom is 0.338 e. The van der Waals surface area contributed by atoms with Gasteiger partial charge in [0.15, 0.2) is 6.61 Å². The van der Waals surface area contributed by atoms with Crippen molar-refractivity contribution in [1.82, 2.24) is 0 Å². The molecule has 8 heteroatoms. The normalized spacial score (nSPS) is 10.2. The maximum atomic E-state index is 12.0. The summed E-state index contributed by atoms with van der Waals surface area (Å²) in [7, 11) is 0. The van der Waals surface area contributed by atoms with Crippen molar-refractivity contribution in [3.8, 4) is 6.07 Å². The highest BCUT2D eigenvalue weighted by Crippen LogP contribution is 2.21. The summed E-state index contributed by atoms with van der Waals surface area (Å²) < 4.78 is 4.98. The molecule has 0 aliphatic heterocycles. The molecule has 144 valence electrons. The SMILES string of the molecule is CC(C)Cc1ccc(C(=O)OCC(=O)Nc2ccc([N+](=O)[O-])cc2C#N)cc1. The summed E-state index contributed by atoms with van der Waals surface area (Å²) in [5.74, 6) is -0.801. The molecule has 0 heterocycles. The van der Waals surface area contributed by atoms with Crippen molar-refractivity contribution in [1.29, 1.82) is 5.26 Å². The molecule has 8 nitrogen and oxygen atoms in total. The molecule has 0 aliphatic rings. The second kappa shape index (κ2) is 9.28. The number of rotatable bonds is 7. The van der Waals surface area contributed by atoms with E-state index in [9.17, 15) is 19.7 Å². The first-order valence-electron chi connectivity index (χ1n) is 8.54. The fourth-order valence-electron chi connectivity index (χ4n) is 2.50. The molecule has 0 aliphatic carbocycles. The van der Waals surface area contributed by atoms with Gasteiger partial charge in [0, 0.05) is 12.1 Å². The van der Waals surface area contributed by atoms with Crippen LogP contribution in [0.1, 0.15) is 35.3 Å². The number of carbonyl (C=O) groups is 2. The molecule has 0 saturated heterocycles. The number of carbonyl (C=O) groups excluding carboxylic acids is 2. The van der Waals surface area contributed by atoms with Gasteiger partial charge < -0.3 is 10.1 Å². The van der Waals surface area contributed by atoms with Gasteiger partial charge in [-0.25, -0.2) is 4.79 Å². The summed E-state index contributed by atoms with van der Waals surface area (Å²) in [6, 6.07) is 12.2. The first kappa shape index (κ1) is 20.6. The van der Waals surface area contributed by atoms with Crippen LogP contribution in [0.3, 0.4) is 0 Å². The van der Waals surface area contributed by atoms with Gasteiger partial charge in [-0.15, -0.1) is 0 Å². The number of anilines is 1. The highest BCUT2D eigenvalue weighted by Gasteiger charge is 2.14. The third-order valence-corrected chi connectivity index (χ3v) is 3.78. The van der Waals surface area contributed by atoms with Crippen molar-refractivity contribution < 1.29 is 19.2 Å². The van der Waals surface area contributed by atoms with Gasteiger partial charge in [-0.3, -0.25) is 14.9 Å². The zero-order valence-electron chi connectivity index (χ0n) is 15.5. The molecule has 0 bridgehead atoms. The molecule has 2 aromatic carbocycles. The molecule has 0 radical (unpaired) electrons. The van der Waals surface area contributed by atoms with Crippen molar-refractivity contribution in [2.24, 2.45) is 5.92 Å². The van der Waals surface area contributed by atoms with Crippen LogP contribution < -0.4 is 5.32 Å². The number of esters is 1. The number of hydrogen-bond donors (Lipinski definition) is 1. The average molecular weight is 381 g/mol. The molecule has 0 spiro atoms. The molecule has 2 aromatic rings. The Bertz CT molecular complexity index is 930. The van der Waals surface area contributed by atoms with Crippen LogP contribution in [-0.4, -0.2) is 23.4 Å². The molecular weight excluding hydrogens is 362 g/mol. The monoisotopic (exact) mass is 381 g/mol. The summed E-state index contributed by atoms with van der Waals surface area (Å²) >= 11 is 0. The van der Waals surface area contributed by atoms with Crippen LogP contribution in [-0.2, 0) is 16.0 Å². The predicted molar refractivity (Wildman–Crippen MR) is 102 cm³/mol. The van der Waals surface area contributed by atoms with E-state index in [4.69, 9.17) is 10.00 Å². The van der Waals surface area contributed by atoms with Gasteiger partial charge in [-0.1, -0.05) is 26.0 Å². The van der Waals surface area contributed by atoms with Gasteiger partial charge in [0.2, 0.25) is 0 Å². The van der Waals surface area contributed by atoms with Gasteiger partial charge in [-0.05, 0) is 36.1 Å². The predicted octanol–water partition coefficient (Wildman–Crippen LogP) is 3.46. The van der Waals surface area contributed by atoms with E-state index in [-0.39, 0.29) is 16.9 Å². The fourth-order valence-corrected chi connectivity index (χ4v) is 2.50. The molecular formula is C20H19N3O5. The minimum Gasteiger partial charge on any atom is -0.452 e. The van der Waals surface area contributed by atoms with E-state index in [2.05, 4.69) is 19.2 Å². The Labute approximate surface area is 161 Å². The summed E-state index contributed by atoms with van der Waals surface area (Å²) in [5, 5.41) is 22.2. The Morgan fingerprint density at radius 1 is 1.21 bits per heavy atom. The van der Waals surface area contributed by atoms with E-state index < -0.39 is 23.4 Å². The smallest absolute Gasteiger partial charge is 0.338 e. The van der Waals surface area contributed by atoms with E-state index >= 15 is 0 Å². The first-order chi connectivity index (χ1) is 13.3. The van der Waals surface area contributed by atoms with Gasteiger partial charge in [0.05, 0.1) is 21.7 Å². The van der Waals surface area contributed by atoms with Crippen LogP contribution in [0.5, 0.6) is 0 Å². The summed E-state index contributed by atoms with van der Waals surface area (Å²) in [6.07, 6.45) is 0.897. The highest BCUT2D eigenvalue weighted by molar-refractivity contribution is 5.96. The fraction of sp³-hybridized carbons (Fsp3) is 0.250. The standard InChI is InChI=1S/C20H19N3O5/c1-13(2)9-14-3-5-15(6-4-14)20(25)28-12-19(24)22-18-8-7-17(23(26)27)10-16(18)11-21/h3-8,10,13H,9,12H2,1-2H3,(H,22,24). The lowest BCUT2D eigenvalue weighted by Crippen LogP contribution is -2.21. The first-order valence-corrected chi connectivity index (χ1v) is 8.54. The number of nitro groups is 1. The van der Waals surface area contributed by atoms with Crippen LogP contribution in [0, 0.1) is 27.4 Å². The van der Waals surface area contributed by atoms with Crippen molar-refractivity contribution in [2.45, 2.75) is 20.3 Å². The molecule has 0 unspecified atom stereocenters. The lowest BCUT2D eigenvalue weighted by atomic mass is 10.0. The zero-order valence-corrected chi connectivity index (χ0v) is 15.5. The summed E-state index contributed by atoms with van der Waals surface area (Å²) in [6.45, 7) is 3.65. The van der Waals surface area contributed by atoms with E-state index in [1.165, 1.54) is 12.1 Å². The van der Waals surface area contributed by atoms with Crippen LogP contribution in [0.15, 0.2) is 42.5 Å². The van der Waals surface area contributed by atoms with Crippen molar-refractivity contribution in [3.63, 3.8) is 0 Å². The van der Waals surface area contributed by atoms with E-state index in [1.54, 1.807) is 18.2 Å². The number of benzene rings is 2. The molecule has 0 aromatic heterocycles. The van der Waals surface area contributed by atoms with Gasteiger partial charge in [0.1, 0.15) is 6.07 Å². The zero-order chi connectivity index (χ0) is 20.7. The molecule has 0 atom stereocenters. The average Bonchev–Trinajstić information content (AvgIpc) is 2.66. The molecule has 0 saturated carbocycles. The number of amides is 1. The van der Waals surface area contributed by atoms with E-state index in [0.29, 0.717) is 11.5 Å². The highest BCUT2D eigenvalue weighted by atomic mass is 16.6. The van der Waals surface area contributed by atoms with Gasteiger partial charge in [0.25, 0.3) is 11.6 Å². The number of nitrogens with zero attached hydrogens (tertiary/aromatic N) is 2. The molecule has 1 amide bonds. The Morgan fingerprint density at radius 3 is 2.46 bits per heavy atom. The molecule has 1 N–H and O–H groups in total. The largest absolute Gasteiger partial charge is 0.452 e. The Hall–Kier alpha value is -3.73. The van der Waals surface area contributed by atoms with Crippen molar-refractivity contribution >= 4 is 23.3 Å². The van der Waals surface area contributed by atoms with Crippen molar-refractivity contribution in [2.75, 3.05) is 11.9 Å². The molecule has 0 fully saturated rings. The minimum absolute atomic E-state index is 0.0605. The number of hydrogen-bond acceptors (Lipinski definition) is 6. The number of ether oxygens (including phenoxy) is 1. The van der Waals surface area contributed by atoms with Crippen LogP contribution in [0.25, 0.3) is 0 Å². The third-order valence-electron chi connectivity index (χ3n) is 3.78. The quantitative estimate of drug-likeness (QED) is 0.445. The third kappa shape index (κ3) is 5.64. The van der Waals surface area contributed by atoms with Crippen LogP contribution in [0.4, 0.5) is 11.4 Å². The topological polar surface area (TPSA) is 122 Å². The second-order valence-electron chi connectivity index (χ2n) is 6.52. The summed E-state index contributed by atoms with van der Waals surface area (Å²) in [5.41, 5.74) is 1.21. The van der Waals surface area contributed by atoms with E-state index in [0.717, 1.165) is 18.1 Å². The van der Waals surface area contributed by atoms with E-state index in [1.807, 2.05) is 12.1 Å². The number of nitro benzene ring substituents is 1. The lowest BCUT2D eigenvalue weighted by molar-refractivity contribution is -0.384. The molecule has 28 heavy (non-hydrogen) atoms. The minimum atomic E-state index is -0.657. The Morgan fingerprint density at radius 2 is 1.89 bits per heavy atom. The second-order valence-corrected chi connectivity index (χ2v) is 6.52. The Kier molecular flexibility index (Phi) is 6.82. The van der Waals surface area contributed by atoms with Crippen LogP contribution >= 0.6 is 0 Å². The number of non-ortho nitro benzene ring substituents is 1. The lowest BCUT2D eigenvalue weighted by Gasteiger charge is -2.09. The van der Waals surface area contributed by atoms with Crippen molar-refractivity contribution in [3.05, 3.63) is 69.3 Å². The summed E-state index contributed by atoms with van der Waals surface area (Å²) in [4.78, 5) is 34.1. The maximum absolute atomic E-state index is 12.0. The number of nitrogens with one attached hydrogen (secondary N) is 1.